The van der Waals surface area contributed by atoms with E-state index in [9.17, 15) is 0 Å². The van der Waals surface area contributed by atoms with Gasteiger partial charge >= 0.3 is 18.0 Å². The van der Waals surface area contributed by atoms with E-state index in [-0.39, 0.29) is 30.2 Å². The van der Waals surface area contributed by atoms with E-state index in [2.05, 4.69) is 21.9 Å². The van der Waals surface area contributed by atoms with Crippen molar-refractivity contribution >= 4 is 0 Å². The van der Waals surface area contributed by atoms with Gasteiger partial charge in [-0.2, -0.15) is 0 Å². The van der Waals surface area contributed by atoms with Crippen LogP contribution >= 0.6 is 0 Å². The van der Waals surface area contributed by atoms with Crippen molar-refractivity contribution in [2.24, 2.45) is 0 Å². The SMILES string of the molecule is CCCCOc1nc(OCC2CO2)nc(OCC2CO2)n1. The van der Waals surface area contributed by atoms with Crippen molar-refractivity contribution in [3.63, 3.8) is 0 Å². The highest BCUT2D eigenvalue weighted by molar-refractivity contribution is 5.09. The van der Waals surface area contributed by atoms with Crippen LogP contribution in [0.2, 0.25) is 0 Å². The Balaban J connectivity index is 1.60. The van der Waals surface area contributed by atoms with Gasteiger partial charge in [0.05, 0.1) is 19.8 Å². The van der Waals surface area contributed by atoms with Gasteiger partial charge in [-0.3, -0.25) is 0 Å². The minimum atomic E-state index is 0.135. The molecule has 0 bridgehead atoms. The summed E-state index contributed by atoms with van der Waals surface area (Å²) in [5.74, 6) is 0. The van der Waals surface area contributed by atoms with E-state index >= 15 is 0 Å². The molecule has 21 heavy (non-hydrogen) atoms. The van der Waals surface area contributed by atoms with Crippen LogP contribution in [0.4, 0.5) is 0 Å². The lowest BCUT2D eigenvalue weighted by Gasteiger charge is -2.08. The van der Waals surface area contributed by atoms with Crippen LogP contribution in [0.5, 0.6) is 18.0 Å². The molecule has 2 aliphatic rings. The molecule has 116 valence electrons. The number of hydrogen-bond donors (Lipinski definition) is 0. The molecule has 8 heteroatoms. The standard InChI is InChI=1S/C13H19N3O5/c1-2-3-4-17-11-14-12(20-7-9-5-18-9)16-13(15-11)21-8-10-6-19-10/h9-10H,2-8H2,1H3. The summed E-state index contributed by atoms with van der Waals surface area (Å²) < 4.78 is 26.6. The highest BCUT2D eigenvalue weighted by Crippen LogP contribution is 2.18. The molecule has 0 amide bonds. The average molecular weight is 297 g/mol. The van der Waals surface area contributed by atoms with Gasteiger partial charge in [0.25, 0.3) is 0 Å². The normalized spacial score (nSPS) is 22.7. The molecule has 2 saturated heterocycles. The maximum atomic E-state index is 5.49. The van der Waals surface area contributed by atoms with Crippen molar-refractivity contribution in [2.75, 3.05) is 33.0 Å². The smallest absolute Gasteiger partial charge is 0.325 e. The predicted octanol–water partition coefficient (Wildman–Crippen LogP) is 0.606. The summed E-state index contributed by atoms with van der Waals surface area (Å²) >= 11 is 0. The number of ether oxygens (including phenoxy) is 5. The van der Waals surface area contributed by atoms with E-state index in [0.29, 0.717) is 33.0 Å². The lowest BCUT2D eigenvalue weighted by molar-refractivity contribution is 0.210. The third kappa shape index (κ3) is 4.98. The molecule has 2 atom stereocenters. The Morgan fingerprint density at radius 2 is 1.38 bits per heavy atom. The van der Waals surface area contributed by atoms with E-state index < -0.39 is 0 Å². The Hall–Kier alpha value is -1.67. The van der Waals surface area contributed by atoms with Crippen molar-refractivity contribution in [2.45, 2.75) is 32.0 Å². The number of rotatable bonds is 10. The maximum Gasteiger partial charge on any atom is 0.325 e. The van der Waals surface area contributed by atoms with E-state index in [1.165, 1.54) is 0 Å². The average Bonchev–Trinajstić information content (AvgIpc) is 3.38. The molecule has 0 aromatic carbocycles. The summed E-state index contributed by atoms with van der Waals surface area (Å²) in [6, 6.07) is 0.606. The van der Waals surface area contributed by atoms with Gasteiger partial charge in [0.1, 0.15) is 25.4 Å². The molecule has 2 fully saturated rings. The fraction of sp³-hybridized carbons (Fsp3) is 0.769. The van der Waals surface area contributed by atoms with Gasteiger partial charge < -0.3 is 23.7 Å². The lowest BCUT2D eigenvalue weighted by Crippen LogP contribution is -2.12. The molecule has 0 aliphatic carbocycles. The Morgan fingerprint density at radius 3 is 1.81 bits per heavy atom. The molecule has 0 N–H and O–H groups in total. The summed E-state index contributed by atoms with van der Waals surface area (Å²) in [7, 11) is 0. The van der Waals surface area contributed by atoms with Gasteiger partial charge in [-0.05, 0) is 6.42 Å². The second-order valence-corrected chi connectivity index (χ2v) is 4.92. The van der Waals surface area contributed by atoms with Crippen LogP contribution in [0.3, 0.4) is 0 Å². The van der Waals surface area contributed by atoms with Gasteiger partial charge in [0.15, 0.2) is 0 Å². The maximum absolute atomic E-state index is 5.49. The number of aromatic nitrogens is 3. The van der Waals surface area contributed by atoms with Gasteiger partial charge in [0, 0.05) is 0 Å². The van der Waals surface area contributed by atoms with Crippen LogP contribution in [0.15, 0.2) is 0 Å². The molecule has 3 rings (SSSR count). The summed E-state index contributed by atoms with van der Waals surface area (Å²) in [4.78, 5) is 12.3. The summed E-state index contributed by atoms with van der Waals surface area (Å²) in [5.41, 5.74) is 0. The summed E-state index contributed by atoms with van der Waals surface area (Å²) in [5, 5.41) is 0. The Kier molecular flexibility index (Phi) is 4.66. The lowest BCUT2D eigenvalue weighted by atomic mass is 10.4. The van der Waals surface area contributed by atoms with Crippen LogP contribution in [0, 0.1) is 0 Å². The summed E-state index contributed by atoms with van der Waals surface area (Å²) in [6.45, 7) is 4.91. The van der Waals surface area contributed by atoms with Gasteiger partial charge in [-0.15, -0.1) is 15.0 Å². The molecule has 0 radical (unpaired) electrons. The van der Waals surface area contributed by atoms with Gasteiger partial charge in [-0.25, -0.2) is 0 Å². The zero-order chi connectivity index (χ0) is 14.5. The second-order valence-electron chi connectivity index (χ2n) is 4.92. The Bertz CT molecular complexity index is 431. The molecule has 2 aliphatic heterocycles. The minimum absolute atomic E-state index is 0.135. The number of unbranched alkanes of at least 4 members (excludes halogenated alkanes) is 1. The first kappa shape index (κ1) is 14.3. The molecule has 1 aromatic heterocycles. The second kappa shape index (κ2) is 6.86. The van der Waals surface area contributed by atoms with Crippen molar-refractivity contribution < 1.29 is 23.7 Å². The largest absolute Gasteiger partial charge is 0.463 e. The summed E-state index contributed by atoms with van der Waals surface area (Å²) in [6.07, 6.45) is 2.24. The first-order valence-electron chi connectivity index (χ1n) is 7.21. The predicted molar refractivity (Wildman–Crippen MR) is 70.7 cm³/mol. The zero-order valence-electron chi connectivity index (χ0n) is 12.0. The van der Waals surface area contributed by atoms with Crippen LogP contribution in [0.1, 0.15) is 19.8 Å². The molecule has 8 nitrogen and oxygen atoms in total. The van der Waals surface area contributed by atoms with Crippen LogP contribution in [-0.4, -0.2) is 60.2 Å². The Morgan fingerprint density at radius 1 is 0.905 bits per heavy atom. The molecule has 2 unspecified atom stereocenters. The third-order valence-electron chi connectivity index (χ3n) is 2.90. The highest BCUT2D eigenvalue weighted by Gasteiger charge is 2.25. The number of epoxide rings is 2. The fourth-order valence-electron chi connectivity index (χ4n) is 1.49. The monoisotopic (exact) mass is 297 g/mol. The number of nitrogens with zero attached hydrogens (tertiary/aromatic N) is 3. The molecule has 3 heterocycles. The van der Waals surface area contributed by atoms with Crippen molar-refractivity contribution in [1.29, 1.82) is 0 Å². The third-order valence-corrected chi connectivity index (χ3v) is 2.90. The van der Waals surface area contributed by atoms with Crippen molar-refractivity contribution in [3.8, 4) is 18.0 Å². The minimum Gasteiger partial charge on any atom is -0.463 e. The van der Waals surface area contributed by atoms with Crippen molar-refractivity contribution in [3.05, 3.63) is 0 Å². The van der Waals surface area contributed by atoms with Gasteiger partial charge in [0.2, 0.25) is 0 Å². The van der Waals surface area contributed by atoms with E-state index in [1.807, 2.05) is 0 Å². The topological polar surface area (TPSA) is 91.4 Å². The first-order chi connectivity index (χ1) is 10.3. The molecule has 1 aromatic rings. The van der Waals surface area contributed by atoms with E-state index in [1.54, 1.807) is 0 Å². The van der Waals surface area contributed by atoms with E-state index in [0.717, 1.165) is 12.8 Å². The van der Waals surface area contributed by atoms with Crippen LogP contribution in [-0.2, 0) is 9.47 Å². The van der Waals surface area contributed by atoms with Crippen LogP contribution < -0.4 is 14.2 Å². The quantitative estimate of drug-likeness (QED) is 0.458. The van der Waals surface area contributed by atoms with Crippen molar-refractivity contribution in [1.82, 2.24) is 15.0 Å². The molecule has 0 saturated carbocycles. The molecular weight excluding hydrogens is 278 g/mol. The van der Waals surface area contributed by atoms with Gasteiger partial charge in [-0.1, -0.05) is 13.3 Å². The van der Waals surface area contributed by atoms with Crippen LogP contribution in [0.25, 0.3) is 0 Å². The fourth-order valence-corrected chi connectivity index (χ4v) is 1.49. The molecule has 0 spiro atoms. The highest BCUT2D eigenvalue weighted by atomic mass is 16.6. The Labute approximate surface area is 122 Å². The number of hydrogen-bond acceptors (Lipinski definition) is 8. The molecular formula is C13H19N3O5. The first-order valence-corrected chi connectivity index (χ1v) is 7.21. The zero-order valence-corrected chi connectivity index (χ0v) is 12.0. The van der Waals surface area contributed by atoms with E-state index in [4.69, 9.17) is 23.7 Å².